The number of aryl methyl sites for hydroxylation is 1. The Labute approximate surface area is 138 Å². The van der Waals surface area contributed by atoms with Gasteiger partial charge in [-0.3, -0.25) is 9.69 Å². The van der Waals surface area contributed by atoms with E-state index < -0.39 is 0 Å². The molecule has 0 aliphatic carbocycles. The fourth-order valence-corrected chi connectivity index (χ4v) is 3.09. The number of anilines is 1. The van der Waals surface area contributed by atoms with Gasteiger partial charge >= 0.3 is 0 Å². The van der Waals surface area contributed by atoms with Gasteiger partial charge in [-0.2, -0.15) is 4.98 Å². The van der Waals surface area contributed by atoms with E-state index in [1.807, 2.05) is 24.3 Å². The van der Waals surface area contributed by atoms with Crippen LogP contribution in [0.3, 0.4) is 0 Å². The SMILES string of the molecule is CC(=O)N1c2ccccc2C[C@H]1c1nc(Cc2cnc(C)o2)no1. The van der Waals surface area contributed by atoms with E-state index in [9.17, 15) is 4.79 Å². The average molecular weight is 324 g/mol. The molecular formula is C17H16N4O3. The molecule has 24 heavy (non-hydrogen) atoms. The van der Waals surface area contributed by atoms with Crippen molar-refractivity contribution in [3.63, 3.8) is 0 Å². The maximum absolute atomic E-state index is 12.1. The van der Waals surface area contributed by atoms with Gasteiger partial charge in [0.2, 0.25) is 11.8 Å². The average Bonchev–Trinajstić information content (AvgIpc) is 3.25. The van der Waals surface area contributed by atoms with Gasteiger partial charge in [-0.1, -0.05) is 23.4 Å². The number of aromatic nitrogens is 3. The fourth-order valence-electron chi connectivity index (χ4n) is 3.09. The minimum absolute atomic E-state index is 0.0458. The molecule has 1 aliphatic heterocycles. The number of carbonyl (C=O) groups is 1. The number of benzene rings is 1. The van der Waals surface area contributed by atoms with Crippen LogP contribution in [0.25, 0.3) is 0 Å². The molecule has 0 saturated carbocycles. The number of nitrogens with zero attached hydrogens (tertiary/aromatic N) is 4. The molecule has 0 unspecified atom stereocenters. The molecule has 2 aromatic heterocycles. The van der Waals surface area contributed by atoms with E-state index in [0.29, 0.717) is 36.2 Å². The Kier molecular flexibility index (Phi) is 3.41. The van der Waals surface area contributed by atoms with Crippen LogP contribution in [0.4, 0.5) is 5.69 Å². The van der Waals surface area contributed by atoms with Crippen LogP contribution in [0.1, 0.15) is 41.9 Å². The first kappa shape index (κ1) is 14.6. The minimum Gasteiger partial charge on any atom is -0.446 e. The van der Waals surface area contributed by atoms with Crippen molar-refractivity contribution in [2.75, 3.05) is 4.90 Å². The molecule has 4 rings (SSSR count). The van der Waals surface area contributed by atoms with E-state index in [4.69, 9.17) is 8.94 Å². The highest BCUT2D eigenvalue weighted by molar-refractivity contribution is 5.94. The van der Waals surface area contributed by atoms with Crippen LogP contribution in [0.2, 0.25) is 0 Å². The lowest BCUT2D eigenvalue weighted by atomic mass is 10.1. The summed E-state index contributed by atoms with van der Waals surface area (Å²) in [6, 6.07) is 7.57. The van der Waals surface area contributed by atoms with Gasteiger partial charge in [0.05, 0.1) is 12.6 Å². The summed E-state index contributed by atoms with van der Waals surface area (Å²) < 4.78 is 10.9. The molecule has 1 atom stereocenters. The summed E-state index contributed by atoms with van der Waals surface area (Å²) in [5, 5.41) is 4.01. The molecule has 1 aromatic carbocycles. The first-order valence-corrected chi connectivity index (χ1v) is 7.73. The summed E-state index contributed by atoms with van der Waals surface area (Å²) in [5.74, 6) is 2.18. The predicted molar refractivity (Wildman–Crippen MR) is 84.4 cm³/mol. The smallest absolute Gasteiger partial charge is 0.250 e. The normalized spacial score (nSPS) is 16.4. The van der Waals surface area contributed by atoms with Gasteiger partial charge in [-0.05, 0) is 11.6 Å². The second-order valence-electron chi connectivity index (χ2n) is 5.81. The molecular weight excluding hydrogens is 308 g/mol. The van der Waals surface area contributed by atoms with Crippen LogP contribution < -0.4 is 4.90 Å². The van der Waals surface area contributed by atoms with Crippen LogP contribution in [-0.2, 0) is 17.6 Å². The molecule has 0 fully saturated rings. The lowest BCUT2D eigenvalue weighted by Gasteiger charge is -2.21. The zero-order valence-corrected chi connectivity index (χ0v) is 13.4. The summed E-state index contributed by atoms with van der Waals surface area (Å²) in [4.78, 5) is 22.3. The number of fused-ring (bicyclic) bond motifs is 1. The van der Waals surface area contributed by atoms with Gasteiger partial charge < -0.3 is 8.94 Å². The Hall–Kier alpha value is -2.96. The van der Waals surface area contributed by atoms with E-state index in [2.05, 4.69) is 15.1 Å². The monoisotopic (exact) mass is 324 g/mol. The van der Waals surface area contributed by atoms with Crippen molar-refractivity contribution >= 4 is 11.6 Å². The van der Waals surface area contributed by atoms with Crippen LogP contribution >= 0.6 is 0 Å². The third kappa shape index (κ3) is 2.47. The Morgan fingerprint density at radius 3 is 2.96 bits per heavy atom. The highest BCUT2D eigenvalue weighted by atomic mass is 16.5. The summed E-state index contributed by atoms with van der Waals surface area (Å²) in [6.07, 6.45) is 2.72. The van der Waals surface area contributed by atoms with Crippen molar-refractivity contribution < 1.29 is 13.7 Å². The van der Waals surface area contributed by atoms with Gasteiger partial charge in [0.15, 0.2) is 11.7 Å². The quantitative estimate of drug-likeness (QED) is 0.736. The molecule has 0 spiro atoms. The second-order valence-corrected chi connectivity index (χ2v) is 5.81. The molecule has 0 radical (unpaired) electrons. The van der Waals surface area contributed by atoms with Gasteiger partial charge in [-0.25, -0.2) is 4.98 Å². The second kappa shape index (κ2) is 5.59. The maximum Gasteiger partial charge on any atom is 0.250 e. The topological polar surface area (TPSA) is 85.3 Å². The Bertz CT molecular complexity index is 899. The van der Waals surface area contributed by atoms with Crippen molar-refractivity contribution in [2.24, 2.45) is 0 Å². The molecule has 0 saturated heterocycles. The predicted octanol–water partition coefficient (Wildman–Crippen LogP) is 2.61. The van der Waals surface area contributed by atoms with Crippen LogP contribution in [0.15, 0.2) is 39.4 Å². The standard InChI is InChI=1S/C17H16N4O3/c1-10-18-9-13(23-10)8-16-19-17(24-20-16)15-7-12-5-3-4-6-14(12)21(15)11(2)22/h3-6,9,15H,7-8H2,1-2H3/t15-/m0/s1. The van der Waals surface area contributed by atoms with Gasteiger partial charge in [0.1, 0.15) is 11.8 Å². The number of para-hydroxylation sites is 1. The largest absolute Gasteiger partial charge is 0.446 e. The zero-order chi connectivity index (χ0) is 16.7. The number of rotatable bonds is 3. The van der Waals surface area contributed by atoms with Crippen LogP contribution in [-0.4, -0.2) is 21.0 Å². The summed E-state index contributed by atoms with van der Waals surface area (Å²) in [6.45, 7) is 3.33. The van der Waals surface area contributed by atoms with Gasteiger partial charge in [0, 0.05) is 26.0 Å². The number of amides is 1. The number of hydrogen-bond donors (Lipinski definition) is 0. The molecule has 3 heterocycles. The van der Waals surface area contributed by atoms with Crippen molar-refractivity contribution in [2.45, 2.75) is 32.7 Å². The Morgan fingerprint density at radius 1 is 1.38 bits per heavy atom. The Morgan fingerprint density at radius 2 is 2.21 bits per heavy atom. The molecule has 3 aromatic rings. The molecule has 0 N–H and O–H groups in total. The van der Waals surface area contributed by atoms with Gasteiger partial charge in [-0.15, -0.1) is 0 Å². The molecule has 7 nitrogen and oxygen atoms in total. The lowest BCUT2D eigenvalue weighted by molar-refractivity contribution is -0.117. The zero-order valence-electron chi connectivity index (χ0n) is 13.4. The van der Waals surface area contributed by atoms with Crippen LogP contribution in [0.5, 0.6) is 0 Å². The number of oxazole rings is 1. The molecule has 1 aliphatic rings. The number of hydrogen-bond acceptors (Lipinski definition) is 6. The van der Waals surface area contributed by atoms with E-state index in [0.717, 1.165) is 11.3 Å². The summed E-state index contributed by atoms with van der Waals surface area (Å²) in [5.41, 5.74) is 2.00. The van der Waals surface area contributed by atoms with E-state index in [-0.39, 0.29) is 11.9 Å². The first-order chi connectivity index (χ1) is 11.6. The van der Waals surface area contributed by atoms with Crippen LogP contribution in [0, 0.1) is 6.92 Å². The van der Waals surface area contributed by atoms with E-state index in [1.54, 1.807) is 24.9 Å². The third-order valence-corrected chi connectivity index (χ3v) is 4.09. The third-order valence-electron chi connectivity index (χ3n) is 4.09. The molecule has 0 bridgehead atoms. The highest BCUT2D eigenvalue weighted by Gasteiger charge is 2.36. The first-order valence-electron chi connectivity index (χ1n) is 7.73. The highest BCUT2D eigenvalue weighted by Crippen LogP contribution is 2.39. The van der Waals surface area contributed by atoms with Gasteiger partial charge in [0.25, 0.3) is 0 Å². The molecule has 7 heteroatoms. The van der Waals surface area contributed by atoms with Crippen molar-refractivity contribution in [1.29, 1.82) is 0 Å². The molecule has 122 valence electrons. The van der Waals surface area contributed by atoms with Crippen molar-refractivity contribution in [1.82, 2.24) is 15.1 Å². The van der Waals surface area contributed by atoms with Crippen molar-refractivity contribution in [3.05, 3.63) is 59.4 Å². The number of carbonyl (C=O) groups excluding carboxylic acids is 1. The Balaban J connectivity index is 1.61. The fraction of sp³-hybridized carbons (Fsp3) is 0.294. The van der Waals surface area contributed by atoms with E-state index >= 15 is 0 Å². The van der Waals surface area contributed by atoms with Crippen molar-refractivity contribution in [3.8, 4) is 0 Å². The molecule has 1 amide bonds. The summed E-state index contributed by atoms with van der Waals surface area (Å²) in [7, 11) is 0. The minimum atomic E-state index is -0.266. The maximum atomic E-state index is 12.1. The summed E-state index contributed by atoms with van der Waals surface area (Å²) >= 11 is 0. The lowest BCUT2D eigenvalue weighted by Crippen LogP contribution is -2.30. The van der Waals surface area contributed by atoms with E-state index in [1.165, 1.54) is 0 Å².